The maximum atomic E-state index is 6.33. The topological polar surface area (TPSA) is 26.0 Å². The number of hydrogen-bond donors (Lipinski definition) is 1. The molecule has 1 heteroatoms. The van der Waals surface area contributed by atoms with Crippen LogP contribution in [0.3, 0.4) is 0 Å². The van der Waals surface area contributed by atoms with E-state index in [2.05, 4.69) is 13.8 Å². The summed E-state index contributed by atoms with van der Waals surface area (Å²) in [5, 5.41) is 0. The highest BCUT2D eigenvalue weighted by Crippen LogP contribution is 2.35. The van der Waals surface area contributed by atoms with Gasteiger partial charge in [-0.15, -0.1) is 0 Å². The minimum atomic E-state index is 0.207. The molecule has 0 atom stereocenters. The zero-order valence-electron chi connectivity index (χ0n) is 9.31. The van der Waals surface area contributed by atoms with Gasteiger partial charge in [-0.05, 0) is 38.0 Å². The molecule has 0 amide bonds. The van der Waals surface area contributed by atoms with Gasteiger partial charge in [0.1, 0.15) is 0 Å². The molecular weight excluding hydrogens is 158 g/mol. The Balaban J connectivity index is 2.28. The fourth-order valence-corrected chi connectivity index (χ4v) is 2.70. The monoisotopic (exact) mass is 183 g/mol. The minimum Gasteiger partial charge on any atom is -0.325 e. The SMILES string of the molecule is CCCC1CCC(N)(CCC)CC1. The molecule has 0 aliphatic heterocycles. The van der Waals surface area contributed by atoms with Crippen molar-refractivity contribution in [1.29, 1.82) is 0 Å². The van der Waals surface area contributed by atoms with Crippen LogP contribution in [0.5, 0.6) is 0 Å². The van der Waals surface area contributed by atoms with Crippen LogP contribution in [0.1, 0.15) is 65.2 Å². The van der Waals surface area contributed by atoms with Crippen LogP contribution >= 0.6 is 0 Å². The molecule has 1 fully saturated rings. The predicted octanol–water partition coefficient (Wildman–Crippen LogP) is 3.47. The minimum absolute atomic E-state index is 0.207. The van der Waals surface area contributed by atoms with Crippen molar-refractivity contribution in [1.82, 2.24) is 0 Å². The van der Waals surface area contributed by atoms with E-state index in [-0.39, 0.29) is 5.54 Å². The Morgan fingerprint density at radius 3 is 2.23 bits per heavy atom. The summed E-state index contributed by atoms with van der Waals surface area (Å²) in [6, 6.07) is 0. The lowest BCUT2D eigenvalue weighted by atomic mass is 9.74. The predicted molar refractivity (Wildman–Crippen MR) is 58.7 cm³/mol. The maximum absolute atomic E-state index is 6.33. The second kappa shape index (κ2) is 4.99. The molecule has 2 N–H and O–H groups in total. The zero-order chi connectivity index (χ0) is 9.73. The molecule has 1 aliphatic carbocycles. The molecule has 1 nitrogen and oxygen atoms in total. The molecule has 1 saturated carbocycles. The third-order valence-corrected chi connectivity index (χ3v) is 3.55. The normalized spacial score (nSPS) is 34.8. The average Bonchev–Trinajstić information content (AvgIpc) is 2.10. The van der Waals surface area contributed by atoms with Crippen molar-refractivity contribution in [2.45, 2.75) is 70.8 Å². The van der Waals surface area contributed by atoms with Gasteiger partial charge in [-0.2, -0.15) is 0 Å². The van der Waals surface area contributed by atoms with E-state index in [1.807, 2.05) is 0 Å². The van der Waals surface area contributed by atoms with Crippen molar-refractivity contribution in [3.8, 4) is 0 Å². The van der Waals surface area contributed by atoms with E-state index in [9.17, 15) is 0 Å². The average molecular weight is 183 g/mol. The summed E-state index contributed by atoms with van der Waals surface area (Å²) in [5.74, 6) is 0.985. The van der Waals surface area contributed by atoms with Crippen LogP contribution in [0.25, 0.3) is 0 Å². The van der Waals surface area contributed by atoms with Gasteiger partial charge in [-0.1, -0.05) is 33.1 Å². The lowest BCUT2D eigenvalue weighted by Crippen LogP contribution is -2.43. The fraction of sp³-hybridized carbons (Fsp3) is 1.00. The van der Waals surface area contributed by atoms with Crippen molar-refractivity contribution in [3.05, 3.63) is 0 Å². The maximum Gasteiger partial charge on any atom is 0.0154 e. The largest absolute Gasteiger partial charge is 0.325 e. The van der Waals surface area contributed by atoms with E-state index in [1.54, 1.807) is 0 Å². The third kappa shape index (κ3) is 3.30. The Labute approximate surface area is 83.1 Å². The van der Waals surface area contributed by atoms with Gasteiger partial charge in [0.15, 0.2) is 0 Å². The molecule has 0 aromatic rings. The van der Waals surface area contributed by atoms with E-state index >= 15 is 0 Å². The Bertz CT molecular complexity index is 134. The summed E-state index contributed by atoms with van der Waals surface area (Å²) in [4.78, 5) is 0. The Hall–Kier alpha value is -0.0400. The van der Waals surface area contributed by atoms with E-state index in [0.29, 0.717) is 0 Å². The quantitative estimate of drug-likeness (QED) is 0.709. The lowest BCUT2D eigenvalue weighted by molar-refractivity contribution is 0.212. The molecule has 0 heterocycles. The third-order valence-electron chi connectivity index (χ3n) is 3.55. The summed E-state index contributed by atoms with van der Waals surface area (Å²) in [6.07, 6.45) is 10.5. The first-order valence-electron chi connectivity index (χ1n) is 5.99. The number of nitrogens with two attached hydrogens (primary N) is 1. The standard InChI is InChI=1S/C12H25N/c1-3-5-11-6-9-12(13,8-4-2)10-7-11/h11H,3-10,13H2,1-2H3. The van der Waals surface area contributed by atoms with Crippen LogP contribution in [0, 0.1) is 5.92 Å². The van der Waals surface area contributed by atoms with E-state index < -0.39 is 0 Å². The van der Waals surface area contributed by atoms with Gasteiger partial charge in [0.2, 0.25) is 0 Å². The number of rotatable bonds is 4. The van der Waals surface area contributed by atoms with Crippen molar-refractivity contribution in [3.63, 3.8) is 0 Å². The van der Waals surface area contributed by atoms with Crippen molar-refractivity contribution in [2.75, 3.05) is 0 Å². The fourth-order valence-electron chi connectivity index (χ4n) is 2.70. The van der Waals surface area contributed by atoms with Gasteiger partial charge in [-0.3, -0.25) is 0 Å². The molecular formula is C12H25N. The summed E-state index contributed by atoms with van der Waals surface area (Å²) < 4.78 is 0. The van der Waals surface area contributed by atoms with E-state index in [1.165, 1.54) is 51.4 Å². The Morgan fingerprint density at radius 2 is 1.77 bits per heavy atom. The molecule has 0 spiro atoms. The molecule has 0 bridgehead atoms. The lowest BCUT2D eigenvalue weighted by Gasteiger charge is -2.37. The van der Waals surface area contributed by atoms with Crippen LogP contribution in [0.4, 0.5) is 0 Å². The number of hydrogen-bond acceptors (Lipinski definition) is 1. The highest BCUT2D eigenvalue weighted by atomic mass is 14.7. The molecule has 0 aromatic heterocycles. The molecule has 1 rings (SSSR count). The van der Waals surface area contributed by atoms with Gasteiger partial charge in [0, 0.05) is 5.54 Å². The van der Waals surface area contributed by atoms with Crippen LogP contribution < -0.4 is 5.73 Å². The highest BCUT2D eigenvalue weighted by Gasteiger charge is 2.29. The summed E-state index contributed by atoms with van der Waals surface area (Å²) in [5.41, 5.74) is 6.54. The molecule has 1 aliphatic rings. The highest BCUT2D eigenvalue weighted by molar-refractivity contribution is 4.89. The summed E-state index contributed by atoms with van der Waals surface area (Å²) >= 11 is 0. The molecule has 0 unspecified atom stereocenters. The van der Waals surface area contributed by atoms with Crippen molar-refractivity contribution >= 4 is 0 Å². The first-order valence-corrected chi connectivity index (χ1v) is 5.99. The van der Waals surface area contributed by atoms with E-state index in [0.717, 1.165) is 5.92 Å². The molecule has 78 valence electrons. The Morgan fingerprint density at radius 1 is 1.15 bits per heavy atom. The Kier molecular flexibility index (Phi) is 4.24. The molecule has 0 saturated heterocycles. The van der Waals surface area contributed by atoms with Crippen molar-refractivity contribution in [2.24, 2.45) is 11.7 Å². The van der Waals surface area contributed by atoms with Gasteiger partial charge in [0.05, 0.1) is 0 Å². The second-order valence-corrected chi connectivity index (χ2v) is 4.84. The van der Waals surface area contributed by atoms with Gasteiger partial charge < -0.3 is 5.73 Å². The summed E-state index contributed by atoms with van der Waals surface area (Å²) in [6.45, 7) is 4.53. The smallest absolute Gasteiger partial charge is 0.0154 e. The van der Waals surface area contributed by atoms with Crippen LogP contribution in [0.2, 0.25) is 0 Å². The van der Waals surface area contributed by atoms with Crippen molar-refractivity contribution < 1.29 is 0 Å². The molecule has 0 radical (unpaired) electrons. The first-order chi connectivity index (χ1) is 6.20. The second-order valence-electron chi connectivity index (χ2n) is 4.84. The zero-order valence-corrected chi connectivity index (χ0v) is 9.31. The van der Waals surface area contributed by atoms with Gasteiger partial charge >= 0.3 is 0 Å². The van der Waals surface area contributed by atoms with Gasteiger partial charge in [0.25, 0.3) is 0 Å². The van der Waals surface area contributed by atoms with E-state index in [4.69, 9.17) is 5.73 Å². The first kappa shape index (κ1) is 11.0. The molecule has 0 aromatic carbocycles. The van der Waals surface area contributed by atoms with Crippen LogP contribution in [-0.2, 0) is 0 Å². The van der Waals surface area contributed by atoms with Crippen LogP contribution in [-0.4, -0.2) is 5.54 Å². The molecule has 13 heavy (non-hydrogen) atoms. The van der Waals surface area contributed by atoms with Crippen LogP contribution in [0.15, 0.2) is 0 Å². The van der Waals surface area contributed by atoms with Gasteiger partial charge in [-0.25, -0.2) is 0 Å². The summed E-state index contributed by atoms with van der Waals surface area (Å²) in [7, 11) is 0.